The van der Waals surface area contributed by atoms with Crippen molar-refractivity contribution in [1.82, 2.24) is 0 Å². The summed E-state index contributed by atoms with van der Waals surface area (Å²) in [5.41, 5.74) is 8.28. The van der Waals surface area contributed by atoms with Gasteiger partial charge in [0.05, 0.1) is 25.6 Å². The summed E-state index contributed by atoms with van der Waals surface area (Å²) in [7, 11) is 2.96. The molecule has 0 aliphatic rings. The van der Waals surface area contributed by atoms with Crippen molar-refractivity contribution in [2.75, 3.05) is 35.7 Å². The number of anilines is 4. The fourth-order valence-electron chi connectivity index (χ4n) is 4.16. The average molecular weight is 621 g/mol. The number of para-hydroxylation sites is 2. The number of amides is 2. The number of nitrogens with one attached hydrogen (secondary N) is 4. The lowest BCUT2D eigenvalue weighted by atomic mass is 10.0. The van der Waals surface area contributed by atoms with Gasteiger partial charge >= 0.3 is 0 Å². The van der Waals surface area contributed by atoms with Crippen LogP contribution < -0.4 is 31.0 Å². The van der Waals surface area contributed by atoms with Gasteiger partial charge in [-0.3, -0.25) is 30.0 Å². The summed E-state index contributed by atoms with van der Waals surface area (Å²) >= 11 is 0. The zero-order valence-corrected chi connectivity index (χ0v) is 25.6. The molecule has 4 aromatic carbocycles. The predicted octanol–water partition coefficient (Wildman–Crippen LogP) is 5.36. The lowest BCUT2D eigenvalue weighted by Crippen LogP contribution is -2.29. The lowest BCUT2D eigenvalue weighted by Gasteiger charge is -2.14. The van der Waals surface area contributed by atoms with Gasteiger partial charge in [-0.15, -0.1) is 0 Å². The number of ether oxygens (including phenoxy) is 2. The van der Waals surface area contributed by atoms with Gasteiger partial charge in [0, 0.05) is 25.2 Å². The van der Waals surface area contributed by atoms with Crippen molar-refractivity contribution in [3.05, 3.63) is 97.1 Å². The molecule has 46 heavy (non-hydrogen) atoms. The van der Waals surface area contributed by atoms with E-state index in [0.717, 1.165) is 11.1 Å². The van der Waals surface area contributed by atoms with Gasteiger partial charge in [0.25, 0.3) is 11.8 Å². The number of benzene rings is 4. The molecule has 0 fully saturated rings. The normalized spacial score (nSPS) is 11.2. The van der Waals surface area contributed by atoms with Crippen molar-refractivity contribution >= 4 is 57.6 Å². The van der Waals surface area contributed by atoms with Crippen LogP contribution in [0.1, 0.15) is 13.8 Å². The third-order valence-corrected chi connectivity index (χ3v) is 6.47. The minimum Gasteiger partial charge on any atom is -0.494 e. The van der Waals surface area contributed by atoms with Crippen LogP contribution >= 0.6 is 0 Å². The smallest absolute Gasteiger partial charge is 0.279 e. The largest absolute Gasteiger partial charge is 0.494 e. The van der Waals surface area contributed by atoms with Crippen molar-refractivity contribution in [1.29, 1.82) is 0 Å². The highest BCUT2D eigenvalue weighted by Crippen LogP contribution is 2.35. The molecular formula is C34H32N6O6. The highest BCUT2D eigenvalue weighted by atomic mass is 16.5. The summed E-state index contributed by atoms with van der Waals surface area (Å²) in [6.07, 6.45) is 0. The Morgan fingerprint density at radius 3 is 1.24 bits per heavy atom. The molecule has 0 aliphatic carbocycles. The molecule has 12 heteroatoms. The number of methoxy groups -OCH3 is 2. The number of carbonyl (C=O) groups excluding carboxylic acids is 4. The molecule has 0 saturated heterocycles. The zero-order valence-electron chi connectivity index (χ0n) is 25.6. The van der Waals surface area contributed by atoms with Crippen molar-refractivity contribution in [3.8, 4) is 22.6 Å². The predicted molar refractivity (Wildman–Crippen MR) is 179 cm³/mol. The molecule has 0 heterocycles. The van der Waals surface area contributed by atoms with Crippen molar-refractivity contribution in [2.24, 2.45) is 10.2 Å². The standard InChI is InChI=1S/C34H32N6O6/c1-21(41)31(33(43)35-25-11-7-5-8-12-25)39-37-27-17-15-23(19-29(27)45-3)24-16-18-28(30(20-24)46-4)38-40-32(22(2)42)34(44)36-26-13-9-6-10-14-26/h5-20,37-38H,1-4H3,(H,35,43)(H,36,44)/b39-31-,40-32+. The Morgan fingerprint density at radius 2 is 0.913 bits per heavy atom. The van der Waals surface area contributed by atoms with Crippen LogP contribution in [0, 0.1) is 0 Å². The first-order valence-electron chi connectivity index (χ1n) is 14.0. The van der Waals surface area contributed by atoms with Crippen molar-refractivity contribution in [2.45, 2.75) is 13.8 Å². The fourth-order valence-corrected chi connectivity index (χ4v) is 4.16. The number of rotatable bonds is 13. The van der Waals surface area contributed by atoms with E-state index in [1.165, 1.54) is 28.1 Å². The van der Waals surface area contributed by atoms with Gasteiger partial charge in [-0.2, -0.15) is 10.2 Å². The number of hydrogen-bond donors (Lipinski definition) is 4. The molecule has 12 nitrogen and oxygen atoms in total. The quantitative estimate of drug-likeness (QED) is 0.0883. The minimum atomic E-state index is -0.654. The molecule has 234 valence electrons. The second-order valence-electron chi connectivity index (χ2n) is 9.73. The number of hydrazone groups is 2. The Labute approximate surface area is 265 Å². The maximum Gasteiger partial charge on any atom is 0.279 e. The molecule has 0 bridgehead atoms. The van der Waals surface area contributed by atoms with E-state index in [2.05, 4.69) is 31.7 Å². The monoisotopic (exact) mass is 620 g/mol. The molecule has 4 N–H and O–H groups in total. The summed E-state index contributed by atoms with van der Waals surface area (Å²) in [6, 6.07) is 27.9. The van der Waals surface area contributed by atoms with E-state index in [4.69, 9.17) is 9.47 Å². The van der Waals surface area contributed by atoms with E-state index in [1.807, 2.05) is 12.1 Å². The van der Waals surface area contributed by atoms with Crippen molar-refractivity contribution < 1.29 is 28.7 Å². The van der Waals surface area contributed by atoms with Crippen molar-refractivity contribution in [3.63, 3.8) is 0 Å². The Bertz CT molecular complexity index is 1670. The Balaban J connectivity index is 1.52. The van der Waals surface area contributed by atoms with Gasteiger partial charge < -0.3 is 20.1 Å². The fraction of sp³-hybridized carbons (Fsp3) is 0.118. The SMILES string of the molecule is COc1cc(-c2ccc(N/N=C(\C(C)=O)C(=O)Nc3ccccc3)c(OC)c2)ccc1N/N=C(/C(C)=O)C(=O)Nc1ccccc1. The van der Waals surface area contributed by atoms with Gasteiger partial charge in [0.2, 0.25) is 0 Å². The van der Waals surface area contributed by atoms with Crippen LogP contribution in [0.3, 0.4) is 0 Å². The first kappa shape index (κ1) is 32.6. The Kier molecular flexibility index (Phi) is 10.9. The Hall–Kier alpha value is -6.30. The summed E-state index contributed by atoms with van der Waals surface area (Å²) in [6.45, 7) is 2.51. The van der Waals surface area contributed by atoms with E-state index in [0.29, 0.717) is 34.2 Å². The second kappa shape index (κ2) is 15.4. The first-order chi connectivity index (χ1) is 22.2. The molecule has 4 aromatic rings. The number of Topliss-reactive ketones (excluding diaryl/α,β-unsaturated/α-hetero) is 2. The number of hydrogen-bond acceptors (Lipinski definition) is 10. The van der Waals surface area contributed by atoms with E-state index >= 15 is 0 Å². The first-order valence-corrected chi connectivity index (χ1v) is 14.0. The van der Waals surface area contributed by atoms with Crippen LogP contribution in [0.4, 0.5) is 22.7 Å². The average Bonchev–Trinajstić information content (AvgIpc) is 3.05. The summed E-state index contributed by atoms with van der Waals surface area (Å²) in [5.74, 6) is -1.55. The van der Waals surface area contributed by atoms with Crippen LogP contribution in [0.5, 0.6) is 11.5 Å². The molecule has 0 spiro atoms. The highest BCUT2D eigenvalue weighted by Gasteiger charge is 2.19. The summed E-state index contributed by atoms with van der Waals surface area (Å²) in [4.78, 5) is 49.7. The number of carbonyl (C=O) groups is 4. The minimum absolute atomic E-state index is 0.309. The van der Waals surface area contributed by atoms with Crippen LogP contribution in [0.2, 0.25) is 0 Å². The number of ketones is 2. The van der Waals surface area contributed by atoms with Crippen LogP contribution in [0.25, 0.3) is 11.1 Å². The molecule has 4 rings (SSSR count). The molecule has 0 aliphatic heterocycles. The summed E-state index contributed by atoms with van der Waals surface area (Å²) < 4.78 is 11.1. The van der Waals surface area contributed by atoms with Crippen LogP contribution in [-0.4, -0.2) is 49.0 Å². The van der Waals surface area contributed by atoms with Crippen LogP contribution in [-0.2, 0) is 19.2 Å². The molecular weight excluding hydrogens is 588 g/mol. The lowest BCUT2D eigenvalue weighted by molar-refractivity contribution is -0.116. The molecule has 2 amide bonds. The zero-order chi connectivity index (χ0) is 33.1. The van der Waals surface area contributed by atoms with E-state index < -0.39 is 23.4 Å². The van der Waals surface area contributed by atoms with E-state index in [1.54, 1.807) is 84.9 Å². The number of nitrogens with zero attached hydrogens (tertiary/aromatic N) is 2. The summed E-state index contributed by atoms with van der Waals surface area (Å²) in [5, 5.41) is 13.4. The van der Waals surface area contributed by atoms with E-state index in [-0.39, 0.29) is 11.4 Å². The molecule has 0 aromatic heterocycles. The van der Waals surface area contributed by atoms with Crippen LogP contribution in [0.15, 0.2) is 107 Å². The van der Waals surface area contributed by atoms with Gasteiger partial charge in [-0.05, 0) is 59.7 Å². The van der Waals surface area contributed by atoms with Gasteiger partial charge in [-0.1, -0.05) is 48.5 Å². The molecule has 0 radical (unpaired) electrons. The van der Waals surface area contributed by atoms with Gasteiger partial charge in [-0.25, -0.2) is 0 Å². The third-order valence-electron chi connectivity index (χ3n) is 6.47. The van der Waals surface area contributed by atoms with Gasteiger partial charge in [0.1, 0.15) is 11.5 Å². The molecule has 0 unspecified atom stereocenters. The maximum absolute atomic E-state index is 12.7. The molecule has 0 atom stereocenters. The van der Waals surface area contributed by atoms with Gasteiger partial charge in [0.15, 0.2) is 23.0 Å². The maximum atomic E-state index is 12.7. The Morgan fingerprint density at radius 1 is 0.543 bits per heavy atom. The topological polar surface area (TPSA) is 160 Å². The second-order valence-corrected chi connectivity index (χ2v) is 9.73. The van der Waals surface area contributed by atoms with E-state index in [9.17, 15) is 19.2 Å². The third kappa shape index (κ3) is 8.41. The molecule has 0 saturated carbocycles. The highest BCUT2D eigenvalue weighted by molar-refractivity contribution is 6.67.